The number of aromatic nitrogens is 2. The summed E-state index contributed by atoms with van der Waals surface area (Å²) in [6.45, 7) is 14.2. The smallest absolute Gasteiger partial charge is 0.263 e. The van der Waals surface area contributed by atoms with Gasteiger partial charge >= 0.3 is 0 Å². The molecule has 0 unspecified atom stereocenters. The molecular weight excluding hydrogens is 735 g/mol. The summed E-state index contributed by atoms with van der Waals surface area (Å²) in [6, 6.07) is 11.9. The van der Waals surface area contributed by atoms with Crippen molar-refractivity contribution in [3.05, 3.63) is 78.4 Å². The van der Waals surface area contributed by atoms with Crippen molar-refractivity contribution in [2.75, 3.05) is 105 Å². The van der Waals surface area contributed by atoms with Crippen molar-refractivity contribution in [2.24, 2.45) is 4.99 Å². The molecule has 4 fully saturated rings. The molecule has 3 aromatic rings. The van der Waals surface area contributed by atoms with E-state index in [-0.39, 0.29) is 29.1 Å². The largest absolute Gasteiger partial charge is 0.494 e. The fraction of sp³-hybridized carbons (Fsp3) is 0.556. The lowest BCUT2D eigenvalue weighted by Crippen LogP contribution is -2.40. The van der Waals surface area contributed by atoms with Gasteiger partial charge in [-0.3, -0.25) is 43.2 Å². The Kier molecular flexibility index (Phi) is 11.9. The van der Waals surface area contributed by atoms with Crippen LogP contribution in [0.1, 0.15) is 44.1 Å². The number of ether oxygens (including phenoxy) is 2. The molecule has 6 heterocycles. The molecule has 6 aliphatic rings. The van der Waals surface area contributed by atoms with Gasteiger partial charge in [0.15, 0.2) is 0 Å². The molecule has 5 aliphatic heterocycles. The summed E-state index contributed by atoms with van der Waals surface area (Å²) >= 11 is 0. The number of benzene rings is 3. The lowest BCUT2D eigenvalue weighted by molar-refractivity contribution is 0.0368. The third-order valence-corrected chi connectivity index (χ3v) is 13.0. The van der Waals surface area contributed by atoms with Gasteiger partial charge in [-0.1, -0.05) is 24.3 Å². The molecule has 58 heavy (non-hydrogen) atoms. The van der Waals surface area contributed by atoms with Gasteiger partial charge in [-0.05, 0) is 93.5 Å². The van der Waals surface area contributed by atoms with Gasteiger partial charge in [-0.15, -0.1) is 0 Å². The Bertz CT molecular complexity index is 2420. The highest BCUT2D eigenvalue weighted by Gasteiger charge is 2.30. The Morgan fingerprint density at radius 3 is 1.83 bits per heavy atom. The van der Waals surface area contributed by atoms with Gasteiger partial charge in [0.1, 0.15) is 0 Å². The second-order valence-electron chi connectivity index (χ2n) is 16.6. The quantitative estimate of drug-likeness (QED) is 0.168. The Balaban J connectivity index is 1.25. The van der Waals surface area contributed by atoms with Crippen LogP contribution < -0.4 is 22.0 Å². The van der Waals surface area contributed by atoms with Crippen molar-refractivity contribution in [1.82, 2.24) is 28.7 Å². The highest BCUT2D eigenvalue weighted by atomic mass is 16.5. The molecule has 0 amide bonds. The van der Waals surface area contributed by atoms with Gasteiger partial charge in [0, 0.05) is 81.8 Å². The zero-order valence-electron chi connectivity index (χ0n) is 33.8. The maximum absolute atomic E-state index is 15.1. The first-order valence-corrected chi connectivity index (χ1v) is 21.7. The number of likely N-dealkylation sites (tertiary alicyclic amines) is 2. The topological polar surface area (TPSA) is 125 Å². The van der Waals surface area contributed by atoms with Crippen LogP contribution >= 0.6 is 0 Å². The van der Waals surface area contributed by atoms with Gasteiger partial charge in [-0.2, -0.15) is 0 Å². The average Bonchev–Trinajstić information content (AvgIpc) is 3.98. The van der Waals surface area contributed by atoms with Crippen LogP contribution in [0.15, 0.2) is 55.8 Å². The summed E-state index contributed by atoms with van der Waals surface area (Å²) < 4.78 is 14.0. The summed E-state index contributed by atoms with van der Waals surface area (Å²) in [7, 11) is 0. The van der Waals surface area contributed by atoms with Crippen molar-refractivity contribution < 1.29 is 14.6 Å². The van der Waals surface area contributed by atoms with E-state index in [9.17, 15) is 14.7 Å². The molecule has 1 aromatic heterocycles. The molecule has 0 bridgehead atoms. The summed E-state index contributed by atoms with van der Waals surface area (Å²) in [5, 5.41) is 14.4. The van der Waals surface area contributed by atoms with Gasteiger partial charge in [0.25, 0.3) is 16.7 Å². The highest BCUT2D eigenvalue weighted by molar-refractivity contribution is 6.19. The van der Waals surface area contributed by atoms with Crippen molar-refractivity contribution in [3.8, 4) is 28.1 Å². The van der Waals surface area contributed by atoms with Crippen molar-refractivity contribution >= 4 is 21.5 Å². The molecule has 2 aromatic carbocycles. The molecule has 4 saturated heterocycles. The third kappa shape index (κ3) is 7.80. The molecular formula is C45H57N7O6. The number of aromatic hydroxyl groups is 1. The van der Waals surface area contributed by atoms with E-state index in [4.69, 9.17) is 14.5 Å². The van der Waals surface area contributed by atoms with Crippen LogP contribution in [0.5, 0.6) is 5.88 Å². The molecule has 1 N–H and O–H groups in total. The van der Waals surface area contributed by atoms with E-state index in [1.54, 1.807) is 6.07 Å². The van der Waals surface area contributed by atoms with Gasteiger partial charge in [0.05, 0.1) is 54.7 Å². The highest BCUT2D eigenvalue weighted by Crippen LogP contribution is 2.43. The average molecular weight is 792 g/mol. The molecule has 308 valence electrons. The number of hydrogen-bond donors (Lipinski definition) is 1. The van der Waals surface area contributed by atoms with E-state index in [2.05, 4.69) is 31.7 Å². The van der Waals surface area contributed by atoms with E-state index in [1.165, 1.54) is 9.13 Å². The monoisotopic (exact) mass is 791 g/mol. The van der Waals surface area contributed by atoms with Crippen molar-refractivity contribution in [1.29, 1.82) is 0 Å². The van der Waals surface area contributed by atoms with Crippen LogP contribution in [-0.4, -0.2) is 139 Å². The zero-order valence-corrected chi connectivity index (χ0v) is 33.8. The summed E-state index contributed by atoms with van der Waals surface area (Å²) in [6.07, 6.45) is 5.93. The number of hydrogen-bond acceptors (Lipinski definition) is 11. The fourth-order valence-corrected chi connectivity index (χ4v) is 9.88. The number of rotatable bonds is 14. The minimum absolute atomic E-state index is 0.141. The number of pyridine rings is 2. The van der Waals surface area contributed by atoms with Gasteiger partial charge in [0.2, 0.25) is 5.88 Å². The summed E-state index contributed by atoms with van der Waals surface area (Å²) in [5.41, 5.74) is 2.38. The van der Waals surface area contributed by atoms with Crippen LogP contribution in [0.25, 0.3) is 43.8 Å². The SMILES string of the molecule is O=c1c2c(=NCCN3CCCC3)cc3c(=O)n(CCCN4CCOCC4)c(=O)c4c(-c5ccccc5CN5CCCC5)cc(c(O)n1CCCN1CCOCC1)c2c4-3. The molecule has 1 aliphatic carbocycles. The molecule has 13 nitrogen and oxygen atoms in total. The predicted octanol–water partition coefficient (Wildman–Crippen LogP) is 3.07. The Morgan fingerprint density at radius 2 is 1.16 bits per heavy atom. The van der Waals surface area contributed by atoms with Crippen molar-refractivity contribution in [3.63, 3.8) is 0 Å². The Labute approximate surface area is 338 Å². The standard InChI is InChI=1S/C45H57N7O6/c53-42-35-29-34(33-10-2-1-9-32(33)31-50-14-5-6-15-50)40-38-36(43(54)51(44(40)55)18-7-16-48-21-25-57-26-22-48)30-37(46-11-20-47-12-3-4-13-47)41(39(35)38)45(56)52(42)19-8-17-49-23-27-58-28-24-49/h1-2,9-10,29-30,53H,3-8,11-28,31H2. The second-order valence-corrected chi connectivity index (χ2v) is 16.6. The van der Waals surface area contributed by atoms with Crippen LogP contribution in [-0.2, 0) is 29.1 Å². The maximum atomic E-state index is 15.1. The van der Waals surface area contributed by atoms with Crippen molar-refractivity contribution in [2.45, 2.75) is 58.2 Å². The van der Waals surface area contributed by atoms with Crippen LogP contribution in [0.3, 0.4) is 0 Å². The molecule has 13 heteroatoms. The lowest BCUT2D eigenvalue weighted by Gasteiger charge is -2.27. The van der Waals surface area contributed by atoms with E-state index in [1.807, 2.05) is 18.2 Å². The third-order valence-electron chi connectivity index (χ3n) is 13.0. The molecule has 0 atom stereocenters. The Hall–Kier alpha value is -4.24. The first-order chi connectivity index (χ1) is 28.5. The van der Waals surface area contributed by atoms with Gasteiger partial charge < -0.3 is 19.5 Å². The first kappa shape index (κ1) is 39.2. The van der Waals surface area contributed by atoms with Crippen LogP contribution in [0, 0.1) is 0 Å². The van der Waals surface area contributed by atoms with Crippen LogP contribution in [0.4, 0.5) is 0 Å². The zero-order chi connectivity index (χ0) is 39.6. The number of morpholine rings is 2. The van der Waals surface area contributed by atoms with E-state index in [0.717, 1.165) is 115 Å². The van der Waals surface area contributed by atoms with E-state index < -0.39 is 0 Å². The predicted molar refractivity (Wildman–Crippen MR) is 227 cm³/mol. The van der Waals surface area contributed by atoms with Crippen LogP contribution in [0.2, 0.25) is 0 Å². The van der Waals surface area contributed by atoms with E-state index in [0.29, 0.717) is 96.0 Å². The summed E-state index contributed by atoms with van der Waals surface area (Å²) in [4.78, 5) is 59.2. The second kappa shape index (κ2) is 17.5. The minimum Gasteiger partial charge on any atom is -0.494 e. The molecule has 0 spiro atoms. The lowest BCUT2D eigenvalue weighted by atomic mass is 9.85. The van der Waals surface area contributed by atoms with E-state index >= 15 is 4.79 Å². The fourth-order valence-electron chi connectivity index (χ4n) is 9.88. The minimum atomic E-state index is -0.379. The maximum Gasteiger partial charge on any atom is 0.263 e. The molecule has 0 saturated carbocycles. The number of nitrogens with zero attached hydrogens (tertiary/aromatic N) is 7. The first-order valence-electron chi connectivity index (χ1n) is 21.7. The normalized spacial score (nSPS) is 19.6. The summed E-state index contributed by atoms with van der Waals surface area (Å²) in [5.74, 6) is -0.141. The molecule has 0 radical (unpaired) electrons. The molecule has 9 rings (SSSR count). The van der Waals surface area contributed by atoms with Gasteiger partial charge in [-0.25, -0.2) is 0 Å². The Morgan fingerprint density at radius 1 is 0.569 bits per heavy atom.